The van der Waals surface area contributed by atoms with Gasteiger partial charge < -0.3 is 15.2 Å². The zero-order valence-electron chi connectivity index (χ0n) is 13.4. The number of hydrogen-bond donors (Lipinski definition) is 2. The van der Waals surface area contributed by atoms with E-state index >= 15 is 0 Å². The molecule has 0 aliphatic rings. The number of halogens is 1. The van der Waals surface area contributed by atoms with E-state index < -0.39 is 41.0 Å². The van der Waals surface area contributed by atoms with Crippen molar-refractivity contribution < 1.29 is 28.7 Å². The molecule has 2 aromatic carbocycles. The van der Waals surface area contributed by atoms with Crippen LogP contribution in [0.25, 0.3) is 0 Å². The normalized spacial score (nSPS) is 11.4. The predicted molar refractivity (Wildman–Crippen MR) is 87.9 cm³/mol. The number of hydrogen-bond acceptors (Lipinski definition) is 5. The average molecular weight is 362 g/mol. The lowest BCUT2D eigenvalue weighted by Gasteiger charge is -2.15. The lowest BCUT2D eigenvalue weighted by Crippen LogP contribution is -2.42. The Balaban J connectivity index is 2.03. The summed E-state index contributed by atoms with van der Waals surface area (Å²) in [5, 5.41) is 22.1. The minimum absolute atomic E-state index is 0.0653. The molecule has 1 atom stereocenters. The minimum atomic E-state index is -1.50. The first-order chi connectivity index (χ1) is 12.4. The Morgan fingerprint density at radius 3 is 2.50 bits per heavy atom. The fourth-order valence-corrected chi connectivity index (χ4v) is 2.19. The lowest BCUT2D eigenvalue weighted by atomic mass is 10.0. The van der Waals surface area contributed by atoms with E-state index in [1.54, 1.807) is 30.3 Å². The van der Waals surface area contributed by atoms with Crippen molar-refractivity contribution in [2.45, 2.75) is 19.1 Å². The number of carbonyl (C=O) groups excluding carboxylic acids is 1. The Labute approximate surface area is 147 Å². The number of carboxylic acids is 1. The van der Waals surface area contributed by atoms with Gasteiger partial charge in [0.15, 0.2) is 0 Å². The molecule has 0 radical (unpaired) electrons. The summed E-state index contributed by atoms with van der Waals surface area (Å²) in [5.41, 5.74) is -0.257. The van der Waals surface area contributed by atoms with E-state index in [2.05, 4.69) is 5.32 Å². The lowest BCUT2D eigenvalue weighted by molar-refractivity contribution is -0.387. The predicted octanol–water partition coefficient (Wildman–Crippen LogP) is 2.66. The molecule has 26 heavy (non-hydrogen) atoms. The van der Waals surface area contributed by atoms with E-state index in [9.17, 15) is 29.2 Å². The number of nitrogens with one attached hydrogen (secondary N) is 1. The Kier molecular flexibility index (Phi) is 6.20. The number of benzene rings is 2. The highest BCUT2D eigenvalue weighted by Crippen LogP contribution is 2.21. The van der Waals surface area contributed by atoms with Gasteiger partial charge in [-0.1, -0.05) is 42.5 Å². The molecule has 2 N–H and O–H groups in total. The van der Waals surface area contributed by atoms with Crippen molar-refractivity contribution in [2.24, 2.45) is 0 Å². The molecule has 0 heterocycles. The largest absolute Gasteiger partial charge is 0.480 e. The second-order valence-corrected chi connectivity index (χ2v) is 5.31. The molecule has 136 valence electrons. The molecule has 2 aromatic rings. The monoisotopic (exact) mass is 362 g/mol. The zero-order valence-corrected chi connectivity index (χ0v) is 13.4. The molecular weight excluding hydrogens is 347 g/mol. The van der Waals surface area contributed by atoms with E-state index in [0.29, 0.717) is 5.56 Å². The first-order valence-corrected chi connectivity index (χ1v) is 7.50. The van der Waals surface area contributed by atoms with Crippen LogP contribution >= 0.6 is 0 Å². The smallest absolute Gasteiger partial charge is 0.408 e. The van der Waals surface area contributed by atoms with Gasteiger partial charge in [0, 0.05) is 12.5 Å². The standard InChI is InChI=1S/C17H15FN2O6/c18-15-12(7-4-8-14(15)20(24)25)9-13(16(21)22)19-17(23)26-10-11-5-2-1-3-6-11/h1-8,13H,9-10H2,(H,19,23)(H,21,22). The molecular formula is C17H15FN2O6. The Morgan fingerprint density at radius 1 is 1.19 bits per heavy atom. The topological polar surface area (TPSA) is 119 Å². The highest BCUT2D eigenvalue weighted by Gasteiger charge is 2.25. The van der Waals surface area contributed by atoms with Gasteiger partial charge in [-0.05, 0) is 11.1 Å². The molecule has 0 bridgehead atoms. The summed E-state index contributed by atoms with van der Waals surface area (Å²) >= 11 is 0. The number of carbonyl (C=O) groups is 2. The molecule has 2 rings (SSSR count). The molecule has 9 heteroatoms. The summed E-state index contributed by atoms with van der Waals surface area (Å²) in [4.78, 5) is 32.9. The molecule has 0 aliphatic heterocycles. The van der Waals surface area contributed by atoms with Gasteiger partial charge in [-0.25, -0.2) is 9.59 Å². The molecule has 1 amide bonds. The summed E-state index contributed by atoms with van der Waals surface area (Å²) in [5.74, 6) is -2.56. The van der Waals surface area contributed by atoms with Crippen LogP contribution in [0.5, 0.6) is 0 Å². The molecule has 0 spiro atoms. The van der Waals surface area contributed by atoms with E-state index in [1.165, 1.54) is 12.1 Å². The van der Waals surface area contributed by atoms with Gasteiger partial charge in [-0.15, -0.1) is 0 Å². The maximum atomic E-state index is 14.1. The minimum Gasteiger partial charge on any atom is -0.480 e. The van der Waals surface area contributed by atoms with E-state index in [1.807, 2.05) is 0 Å². The summed E-state index contributed by atoms with van der Waals surface area (Å²) < 4.78 is 19.0. The maximum Gasteiger partial charge on any atom is 0.408 e. The number of nitrogens with zero attached hydrogens (tertiary/aromatic N) is 1. The van der Waals surface area contributed by atoms with Crippen molar-refractivity contribution in [2.75, 3.05) is 0 Å². The van der Waals surface area contributed by atoms with E-state index in [4.69, 9.17) is 4.74 Å². The van der Waals surface area contributed by atoms with Crippen LogP contribution in [0.2, 0.25) is 0 Å². The van der Waals surface area contributed by atoms with E-state index in [0.717, 1.165) is 6.07 Å². The van der Waals surface area contributed by atoms with Crippen LogP contribution in [-0.4, -0.2) is 28.1 Å². The maximum absolute atomic E-state index is 14.1. The van der Waals surface area contributed by atoms with Crippen LogP contribution in [-0.2, 0) is 22.6 Å². The van der Waals surface area contributed by atoms with Crippen molar-refractivity contribution in [1.82, 2.24) is 5.32 Å². The van der Waals surface area contributed by atoms with Crippen molar-refractivity contribution in [3.63, 3.8) is 0 Å². The summed E-state index contributed by atoms with van der Waals surface area (Å²) in [6.45, 7) is -0.0653. The third-order valence-corrected chi connectivity index (χ3v) is 3.48. The Bertz CT molecular complexity index is 812. The number of carboxylic acid groups (broad SMARTS) is 1. The first-order valence-electron chi connectivity index (χ1n) is 7.50. The van der Waals surface area contributed by atoms with Crippen LogP contribution in [0.1, 0.15) is 11.1 Å². The van der Waals surface area contributed by atoms with Crippen LogP contribution in [0, 0.1) is 15.9 Å². The molecule has 0 saturated heterocycles. The van der Waals surface area contributed by atoms with Crippen LogP contribution in [0.3, 0.4) is 0 Å². The van der Waals surface area contributed by atoms with Crippen LogP contribution < -0.4 is 5.32 Å². The number of rotatable bonds is 7. The number of amides is 1. The molecule has 0 aromatic heterocycles. The molecule has 0 fully saturated rings. The summed E-state index contributed by atoms with van der Waals surface area (Å²) in [6, 6.07) is 10.7. The van der Waals surface area contributed by atoms with Gasteiger partial charge in [0.1, 0.15) is 12.6 Å². The van der Waals surface area contributed by atoms with Gasteiger partial charge in [-0.3, -0.25) is 10.1 Å². The number of ether oxygens (including phenoxy) is 1. The first kappa shape index (κ1) is 18.8. The van der Waals surface area contributed by atoms with Crippen molar-refractivity contribution in [1.29, 1.82) is 0 Å². The van der Waals surface area contributed by atoms with Gasteiger partial charge in [-0.2, -0.15) is 4.39 Å². The molecule has 0 saturated carbocycles. The van der Waals surface area contributed by atoms with Gasteiger partial charge in [0.25, 0.3) is 0 Å². The zero-order chi connectivity index (χ0) is 19.1. The highest BCUT2D eigenvalue weighted by molar-refractivity contribution is 5.80. The summed E-state index contributed by atoms with van der Waals surface area (Å²) in [6.07, 6.45) is -1.46. The highest BCUT2D eigenvalue weighted by atomic mass is 19.1. The number of aliphatic carboxylic acids is 1. The van der Waals surface area contributed by atoms with Crippen molar-refractivity contribution in [3.05, 3.63) is 75.6 Å². The number of nitro benzene ring substituents is 1. The Morgan fingerprint density at radius 2 is 1.88 bits per heavy atom. The van der Waals surface area contributed by atoms with Gasteiger partial charge in [0.2, 0.25) is 5.82 Å². The number of nitro groups is 1. The van der Waals surface area contributed by atoms with Gasteiger partial charge in [0.05, 0.1) is 4.92 Å². The third-order valence-electron chi connectivity index (χ3n) is 3.48. The van der Waals surface area contributed by atoms with E-state index in [-0.39, 0.29) is 12.2 Å². The second kappa shape index (κ2) is 8.56. The Hall–Kier alpha value is -3.49. The quantitative estimate of drug-likeness (QED) is 0.577. The average Bonchev–Trinajstić information content (AvgIpc) is 2.61. The van der Waals surface area contributed by atoms with Crippen molar-refractivity contribution >= 4 is 17.7 Å². The number of alkyl carbamates (subject to hydrolysis) is 1. The van der Waals surface area contributed by atoms with Crippen molar-refractivity contribution in [3.8, 4) is 0 Å². The molecule has 1 unspecified atom stereocenters. The second-order valence-electron chi connectivity index (χ2n) is 5.31. The summed E-state index contributed by atoms with van der Waals surface area (Å²) in [7, 11) is 0. The third kappa shape index (κ3) is 5.00. The fraction of sp³-hybridized carbons (Fsp3) is 0.176. The molecule has 8 nitrogen and oxygen atoms in total. The fourth-order valence-electron chi connectivity index (χ4n) is 2.19. The molecule has 0 aliphatic carbocycles. The van der Waals surface area contributed by atoms with Gasteiger partial charge >= 0.3 is 17.7 Å². The van der Waals surface area contributed by atoms with Crippen LogP contribution in [0.15, 0.2) is 48.5 Å². The SMILES string of the molecule is O=C(NC(Cc1cccc([N+](=O)[O-])c1F)C(=O)O)OCc1ccccc1. The van der Waals surface area contributed by atoms with Crippen LogP contribution in [0.4, 0.5) is 14.9 Å².